The molecule has 0 radical (unpaired) electrons. The highest BCUT2D eigenvalue weighted by molar-refractivity contribution is 5.98. The number of carbonyl (C=O) groups is 2. The van der Waals surface area contributed by atoms with Crippen LogP contribution in [0.1, 0.15) is 40.9 Å². The van der Waals surface area contributed by atoms with Crippen molar-refractivity contribution >= 4 is 23.9 Å². The zero-order chi connectivity index (χ0) is 27.6. The number of phenolic OH excluding ortho intramolecular Hbond substituents is 4. The quantitative estimate of drug-likeness (QED) is 0.237. The molecule has 0 saturated carbocycles. The molecule has 4 rings (SSSR count). The van der Waals surface area contributed by atoms with Gasteiger partial charge >= 0.3 is 11.6 Å². The molecule has 0 fully saturated rings. The zero-order valence-electron chi connectivity index (χ0n) is 19.8. The molecule has 1 aromatic heterocycles. The van der Waals surface area contributed by atoms with E-state index in [0.29, 0.717) is 5.56 Å². The van der Waals surface area contributed by atoms with Crippen LogP contribution in [-0.4, -0.2) is 44.4 Å². The summed E-state index contributed by atoms with van der Waals surface area (Å²) in [5.41, 5.74) is -0.833. The summed E-state index contributed by atoms with van der Waals surface area (Å²) in [6.45, 7) is 0. The fourth-order valence-corrected chi connectivity index (χ4v) is 3.94. The molecule has 1 aliphatic rings. The van der Waals surface area contributed by atoms with Gasteiger partial charge in [0.1, 0.15) is 29.8 Å². The van der Waals surface area contributed by atoms with Gasteiger partial charge in [-0.25, -0.2) is 4.79 Å². The molecule has 0 spiro atoms. The molecule has 1 aliphatic heterocycles. The predicted molar refractivity (Wildman–Crippen MR) is 131 cm³/mol. The number of carbonyl (C=O) groups excluding carboxylic acids is 2. The van der Waals surface area contributed by atoms with Crippen LogP contribution in [0.3, 0.4) is 0 Å². The van der Waals surface area contributed by atoms with Crippen molar-refractivity contribution in [3.63, 3.8) is 0 Å². The number of ether oxygens (including phenoxy) is 2. The summed E-state index contributed by atoms with van der Waals surface area (Å²) in [7, 11) is 1.16. The number of phenols is 4. The second-order valence-corrected chi connectivity index (χ2v) is 8.35. The largest absolute Gasteiger partial charge is 0.507 e. The number of aromatic hydroxyl groups is 5. The third-order valence-electron chi connectivity index (χ3n) is 5.80. The second-order valence-electron chi connectivity index (χ2n) is 8.35. The minimum Gasteiger partial charge on any atom is -0.507 e. The van der Waals surface area contributed by atoms with Gasteiger partial charge in [-0.3, -0.25) is 9.59 Å². The summed E-state index contributed by atoms with van der Waals surface area (Å²) in [5, 5.41) is 49.5. The van der Waals surface area contributed by atoms with Crippen LogP contribution < -0.4 is 5.63 Å². The van der Waals surface area contributed by atoms with Gasteiger partial charge in [0.2, 0.25) is 0 Å². The number of methoxy groups -OCH3 is 1. The summed E-state index contributed by atoms with van der Waals surface area (Å²) in [6.07, 6.45) is 2.14. The number of allylic oxidation sites excluding steroid dienone is 1. The molecular formula is C27H22O11. The van der Waals surface area contributed by atoms with E-state index in [9.17, 15) is 39.9 Å². The fourth-order valence-electron chi connectivity index (χ4n) is 3.94. The lowest BCUT2D eigenvalue weighted by Gasteiger charge is -2.31. The molecule has 2 aromatic carbocycles. The molecule has 5 N–H and O–H groups in total. The van der Waals surface area contributed by atoms with Crippen LogP contribution >= 0.6 is 0 Å². The molecule has 0 unspecified atom stereocenters. The van der Waals surface area contributed by atoms with Crippen molar-refractivity contribution in [2.75, 3.05) is 7.11 Å². The Morgan fingerprint density at radius 1 is 0.895 bits per heavy atom. The maximum atomic E-state index is 13.2. The fraction of sp³-hybridized carbons (Fsp3) is 0.148. The van der Waals surface area contributed by atoms with Crippen LogP contribution in [0.25, 0.3) is 12.2 Å². The molecule has 38 heavy (non-hydrogen) atoms. The molecule has 0 aliphatic carbocycles. The number of hydrogen-bond acceptors (Lipinski definition) is 11. The third kappa shape index (κ3) is 5.31. The van der Waals surface area contributed by atoms with Crippen LogP contribution in [0.5, 0.6) is 28.7 Å². The van der Waals surface area contributed by atoms with Gasteiger partial charge in [0.15, 0.2) is 28.8 Å². The first kappa shape index (κ1) is 25.9. The van der Waals surface area contributed by atoms with Crippen molar-refractivity contribution < 1.29 is 49.0 Å². The second kappa shape index (κ2) is 10.4. The summed E-state index contributed by atoms with van der Waals surface area (Å²) in [5.74, 6) is -5.11. The predicted octanol–water partition coefficient (Wildman–Crippen LogP) is 3.21. The molecule has 11 nitrogen and oxygen atoms in total. The molecule has 2 atom stereocenters. The van der Waals surface area contributed by atoms with E-state index < -0.39 is 52.2 Å². The van der Waals surface area contributed by atoms with Crippen molar-refractivity contribution in [1.29, 1.82) is 0 Å². The van der Waals surface area contributed by atoms with E-state index in [0.717, 1.165) is 31.4 Å². The van der Waals surface area contributed by atoms with Gasteiger partial charge in [-0.05, 0) is 41.5 Å². The molecule has 0 saturated heterocycles. The number of benzene rings is 2. The Morgan fingerprint density at radius 3 is 2.21 bits per heavy atom. The Morgan fingerprint density at radius 2 is 1.58 bits per heavy atom. The Balaban J connectivity index is 1.75. The van der Waals surface area contributed by atoms with E-state index >= 15 is 0 Å². The van der Waals surface area contributed by atoms with Crippen molar-refractivity contribution in [2.24, 2.45) is 0 Å². The highest BCUT2D eigenvalue weighted by atomic mass is 16.5. The maximum Gasteiger partial charge on any atom is 0.344 e. The lowest BCUT2D eigenvalue weighted by molar-refractivity contribution is -0.141. The Labute approximate surface area is 214 Å². The summed E-state index contributed by atoms with van der Waals surface area (Å²) < 4.78 is 15.7. The van der Waals surface area contributed by atoms with Crippen LogP contribution in [-0.2, 0) is 19.1 Å². The van der Waals surface area contributed by atoms with E-state index in [1.165, 1.54) is 36.4 Å². The molecule has 0 amide bonds. The van der Waals surface area contributed by atoms with Crippen LogP contribution in [0, 0.1) is 0 Å². The van der Waals surface area contributed by atoms with Gasteiger partial charge in [0, 0.05) is 12.1 Å². The van der Waals surface area contributed by atoms with Gasteiger partial charge in [-0.2, -0.15) is 0 Å². The summed E-state index contributed by atoms with van der Waals surface area (Å²) in [4.78, 5) is 38.0. The van der Waals surface area contributed by atoms with E-state index in [-0.39, 0.29) is 35.0 Å². The first-order valence-corrected chi connectivity index (χ1v) is 11.1. The smallest absolute Gasteiger partial charge is 0.344 e. The van der Waals surface area contributed by atoms with Crippen molar-refractivity contribution in [3.05, 3.63) is 87.2 Å². The maximum absolute atomic E-state index is 13.2. The van der Waals surface area contributed by atoms with Crippen LogP contribution in [0.15, 0.2) is 63.5 Å². The van der Waals surface area contributed by atoms with Gasteiger partial charge in [-0.1, -0.05) is 18.2 Å². The summed E-state index contributed by atoms with van der Waals surface area (Å²) >= 11 is 0. The molecular weight excluding hydrogens is 500 g/mol. The van der Waals surface area contributed by atoms with Crippen molar-refractivity contribution in [1.82, 2.24) is 0 Å². The van der Waals surface area contributed by atoms with Gasteiger partial charge in [0.25, 0.3) is 0 Å². The van der Waals surface area contributed by atoms with Crippen LogP contribution in [0.2, 0.25) is 0 Å². The van der Waals surface area contributed by atoms with E-state index in [1.54, 1.807) is 0 Å². The highest BCUT2D eigenvalue weighted by Crippen LogP contribution is 2.44. The third-order valence-corrected chi connectivity index (χ3v) is 5.80. The Kier molecular flexibility index (Phi) is 7.10. The summed E-state index contributed by atoms with van der Waals surface area (Å²) in [6, 6.07) is 8.78. The standard InChI is InChI=1S/C27H22O11/c1-36-23(34)12-16-11-21(32)24(26(37-16)14-4-7-18(29)20(31)9-14)25-22(33)10-15(38-27(25)35)5-2-13-3-6-17(28)19(30)8-13/h2-11,24,26,28-31,33H,12H2,1H3/b5-2+/t24-,26-/m1/s1. The first-order chi connectivity index (χ1) is 18.1. The minimum absolute atomic E-state index is 0.0590. The topological polar surface area (TPSA) is 184 Å². The SMILES string of the molecule is COC(=O)CC1=CC(=O)[C@H](c2c(O)cc(/C=C/c3ccc(O)c(O)c3)oc2=O)[C@@H](c2ccc(O)c(O)c2)O1. The number of rotatable bonds is 6. The average Bonchev–Trinajstić information content (AvgIpc) is 2.87. The minimum atomic E-state index is -1.43. The van der Waals surface area contributed by atoms with E-state index in [4.69, 9.17) is 9.15 Å². The molecule has 2 heterocycles. The van der Waals surface area contributed by atoms with Gasteiger partial charge in [-0.15, -0.1) is 0 Å². The molecule has 3 aromatic rings. The van der Waals surface area contributed by atoms with Gasteiger partial charge in [0.05, 0.1) is 18.6 Å². The Hall–Kier alpha value is -5.19. The van der Waals surface area contributed by atoms with E-state index in [2.05, 4.69) is 4.74 Å². The first-order valence-electron chi connectivity index (χ1n) is 11.1. The monoisotopic (exact) mass is 522 g/mol. The average molecular weight is 522 g/mol. The van der Waals surface area contributed by atoms with Gasteiger partial charge < -0.3 is 39.4 Å². The highest BCUT2D eigenvalue weighted by Gasteiger charge is 2.40. The molecule has 11 heteroatoms. The zero-order valence-corrected chi connectivity index (χ0v) is 19.8. The number of hydrogen-bond donors (Lipinski definition) is 5. The Bertz CT molecular complexity index is 1530. The molecule has 196 valence electrons. The van der Waals surface area contributed by atoms with Crippen LogP contribution in [0.4, 0.5) is 0 Å². The number of ketones is 1. The normalized spacial score (nSPS) is 17.2. The number of esters is 1. The van der Waals surface area contributed by atoms with Crippen molar-refractivity contribution in [3.8, 4) is 28.7 Å². The van der Waals surface area contributed by atoms with E-state index in [1.807, 2.05) is 0 Å². The lowest BCUT2D eigenvalue weighted by Crippen LogP contribution is -2.30. The van der Waals surface area contributed by atoms with Crippen molar-refractivity contribution in [2.45, 2.75) is 18.4 Å². The lowest BCUT2D eigenvalue weighted by atomic mass is 9.83. The molecule has 0 bridgehead atoms.